The summed E-state index contributed by atoms with van der Waals surface area (Å²) < 4.78 is 11.4. The molecule has 2 rings (SSSR count). The molecule has 4 heteroatoms. The van der Waals surface area contributed by atoms with Crippen LogP contribution in [0.2, 0.25) is 0 Å². The molecule has 0 aromatic heterocycles. The molecule has 0 fully saturated rings. The second-order valence-electron chi connectivity index (χ2n) is 4.65. The van der Waals surface area contributed by atoms with Gasteiger partial charge in [-0.2, -0.15) is 0 Å². The zero-order valence-corrected chi connectivity index (χ0v) is 12.5. The molecule has 0 saturated heterocycles. The van der Waals surface area contributed by atoms with Gasteiger partial charge in [0.1, 0.15) is 6.61 Å². The highest BCUT2D eigenvalue weighted by Crippen LogP contribution is 2.29. The van der Waals surface area contributed by atoms with Gasteiger partial charge in [-0.25, -0.2) is 0 Å². The van der Waals surface area contributed by atoms with Crippen molar-refractivity contribution in [2.24, 2.45) is 5.73 Å². The van der Waals surface area contributed by atoms with Crippen LogP contribution >= 0.6 is 0 Å². The summed E-state index contributed by atoms with van der Waals surface area (Å²) in [5.74, 6) is 0.828. The number of benzene rings is 2. The third-order valence-corrected chi connectivity index (χ3v) is 2.94. The van der Waals surface area contributed by atoms with Crippen LogP contribution in [-0.4, -0.2) is 12.5 Å². The predicted octanol–water partition coefficient (Wildman–Crippen LogP) is 3.16. The first-order valence-corrected chi connectivity index (χ1v) is 7.10. The van der Waals surface area contributed by atoms with Gasteiger partial charge < -0.3 is 15.2 Å². The summed E-state index contributed by atoms with van der Waals surface area (Å²) in [4.78, 5) is 10.8. The summed E-state index contributed by atoms with van der Waals surface area (Å²) in [5, 5.41) is 0. The molecule has 0 atom stereocenters. The van der Waals surface area contributed by atoms with Crippen molar-refractivity contribution in [3.8, 4) is 11.5 Å². The Labute approximate surface area is 130 Å². The van der Waals surface area contributed by atoms with E-state index in [4.69, 9.17) is 15.2 Å². The second kappa shape index (κ2) is 7.88. The number of nitrogens with two attached hydrogens (primary N) is 1. The molecule has 4 nitrogen and oxygen atoms in total. The van der Waals surface area contributed by atoms with E-state index in [9.17, 15) is 4.79 Å². The molecule has 2 aromatic carbocycles. The summed E-state index contributed by atoms with van der Waals surface area (Å²) in [5.41, 5.74) is 7.01. The summed E-state index contributed by atoms with van der Waals surface area (Å²) in [6, 6.07) is 15.4. The summed E-state index contributed by atoms with van der Waals surface area (Å²) >= 11 is 0. The van der Waals surface area contributed by atoms with Gasteiger partial charge in [-0.15, -0.1) is 0 Å². The van der Waals surface area contributed by atoms with E-state index >= 15 is 0 Å². The van der Waals surface area contributed by atoms with Crippen molar-refractivity contribution in [2.45, 2.75) is 13.5 Å². The normalized spacial score (nSPS) is 10.6. The Morgan fingerprint density at radius 2 is 1.86 bits per heavy atom. The molecule has 0 aliphatic heterocycles. The van der Waals surface area contributed by atoms with E-state index in [2.05, 4.69) is 0 Å². The van der Waals surface area contributed by atoms with Crippen LogP contribution in [0.1, 0.15) is 18.1 Å². The monoisotopic (exact) mass is 297 g/mol. The molecular formula is C18H19NO3. The van der Waals surface area contributed by atoms with Gasteiger partial charge in [0.05, 0.1) is 6.61 Å². The van der Waals surface area contributed by atoms with Gasteiger partial charge in [-0.3, -0.25) is 4.79 Å². The molecule has 0 saturated carbocycles. The van der Waals surface area contributed by atoms with Gasteiger partial charge in [0.15, 0.2) is 11.5 Å². The SMILES string of the molecule is CCOc1cc(/C=C/C(N)=O)ccc1OCc1ccccc1. The number of ether oxygens (including phenoxy) is 2. The van der Waals surface area contributed by atoms with E-state index in [1.807, 2.05) is 55.5 Å². The molecule has 2 aromatic rings. The summed E-state index contributed by atoms with van der Waals surface area (Å²) in [6.45, 7) is 2.91. The van der Waals surface area contributed by atoms with E-state index in [0.29, 0.717) is 24.7 Å². The third-order valence-electron chi connectivity index (χ3n) is 2.94. The van der Waals surface area contributed by atoms with Crippen molar-refractivity contribution < 1.29 is 14.3 Å². The zero-order valence-electron chi connectivity index (χ0n) is 12.5. The van der Waals surface area contributed by atoms with Crippen LogP contribution in [0.4, 0.5) is 0 Å². The first-order valence-electron chi connectivity index (χ1n) is 7.10. The lowest BCUT2D eigenvalue weighted by Crippen LogP contribution is -2.05. The smallest absolute Gasteiger partial charge is 0.241 e. The van der Waals surface area contributed by atoms with E-state index < -0.39 is 5.91 Å². The molecule has 0 spiro atoms. The molecule has 1 amide bonds. The number of hydrogen-bond acceptors (Lipinski definition) is 3. The number of hydrogen-bond donors (Lipinski definition) is 1. The Bertz CT molecular complexity index is 651. The minimum atomic E-state index is -0.484. The number of amides is 1. The lowest BCUT2D eigenvalue weighted by atomic mass is 10.2. The number of primary amides is 1. The zero-order chi connectivity index (χ0) is 15.8. The van der Waals surface area contributed by atoms with E-state index in [1.54, 1.807) is 6.08 Å². The van der Waals surface area contributed by atoms with E-state index in [1.165, 1.54) is 6.08 Å². The van der Waals surface area contributed by atoms with Gasteiger partial charge in [0.25, 0.3) is 0 Å². The van der Waals surface area contributed by atoms with Crippen LogP contribution in [0.25, 0.3) is 6.08 Å². The Balaban J connectivity index is 2.14. The van der Waals surface area contributed by atoms with Gasteiger partial charge in [0.2, 0.25) is 5.91 Å². The van der Waals surface area contributed by atoms with Gasteiger partial charge in [-0.05, 0) is 36.3 Å². The lowest BCUT2D eigenvalue weighted by Gasteiger charge is -2.12. The fourth-order valence-electron chi connectivity index (χ4n) is 1.93. The standard InChI is InChI=1S/C18H19NO3/c1-2-21-17-12-14(9-11-18(19)20)8-10-16(17)22-13-15-6-4-3-5-7-15/h3-12H,2,13H2,1H3,(H2,19,20)/b11-9+. The van der Waals surface area contributed by atoms with Gasteiger partial charge >= 0.3 is 0 Å². The first kappa shape index (κ1) is 15.6. The Kier molecular flexibility index (Phi) is 5.60. The van der Waals surface area contributed by atoms with Crippen molar-refractivity contribution in [1.29, 1.82) is 0 Å². The average Bonchev–Trinajstić information content (AvgIpc) is 2.53. The highest BCUT2D eigenvalue weighted by atomic mass is 16.5. The Morgan fingerprint density at radius 3 is 2.55 bits per heavy atom. The average molecular weight is 297 g/mol. The lowest BCUT2D eigenvalue weighted by molar-refractivity contribution is -0.113. The van der Waals surface area contributed by atoms with Crippen LogP contribution in [-0.2, 0) is 11.4 Å². The number of carbonyl (C=O) groups excluding carboxylic acids is 1. The molecule has 0 aliphatic carbocycles. The predicted molar refractivity (Wildman–Crippen MR) is 86.6 cm³/mol. The van der Waals surface area contributed by atoms with Crippen LogP contribution in [0.3, 0.4) is 0 Å². The maximum Gasteiger partial charge on any atom is 0.241 e. The van der Waals surface area contributed by atoms with E-state index in [-0.39, 0.29) is 0 Å². The first-order chi connectivity index (χ1) is 10.7. The Hall–Kier alpha value is -2.75. The number of carbonyl (C=O) groups is 1. The van der Waals surface area contributed by atoms with Crippen LogP contribution < -0.4 is 15.2 Å². The van der Waals surface area contributed by atoms with Gasteiger partial charge in [0, 0.05) is 6.08 Å². The number of rotatable bonds is 7. The maximum absolute atomic E-state index is 10.8. The second-order valence-corrected chi connectivity index (χ2v) is 4.65. The quantitative estimate of drug-likeness (QED) is 0.798. The maximum atomic E-state index is 10.8. The minimum Gasteiger partial charge on any atom is -0.490 e. The van der Waals surface area contributed by atoms with Crippen LogP contribution in [0.15, 0.2) is 54.6 Å². The fraction of sp³-hybridized carbons (Fsp3) is 0.167. The van der Waals surface area contributed by atoms with Crippen molar-refractivity contribution >= 4 is 12.0 Å². The molecule has 0 bridgehead atoms. The molecular weight excluding hydrogens is 278 g/mol. The van der Waals surface area contributed by atoms with Crippen molar-refractivity contribution in [1.82, 2.24) is 0 Å². The summed E-state index contributed by atoms with van der Waals surface area (Å²) in [6.07, 6.45) is 2.96. The fourth-order valence-corrected chi connectivity index (χ4v) is 1.93. The topological polar surface area (TPSA) is 61.5 Å². The Morgan fingerprint density at radius 1 is 1.09 bits per heavy atom. The molecule has 2 N–H and O–H groups in total. The molecule has 0 unspecified atom stereocenters. The van der Waals surface area contributed by atoms with Gasteiger partial charge in [-0.1, -0.05) is 36.4 Å². The molecule has 0 aliphatic rings. The highest BCUT2D eigenvalue weighted by molar-refractivity contribution is 5.90. The van der Waals surface area contributed by atoms with E-state index in [0.717, 1.165) is 11.1 Å². The molecule has 22 heavy (non-hydrogen) atoms. The minimum absolute atomic E-state index is 0.470. The van der Waals surface area contributed by atoms with Crippen molar-refractivity contribution in [3.05, 3.63) is 65.7 Å². The third kappa shape index (κ3) is 4.66. The molecule has 0 radical (unpaired) electrons. The van der Waals surface area contributed by atoms with Crippen LogP contribution in [0.5, 0.6) is 11.5 Å². The molecule has 114 valence electrons. The van der Waals surface area contributed by atoms with Crippen molar-refractivity contribution in [3.63, 3.8) is 0 Å². The largest absolute Gasteiger partial charge is 0.490 e. The highest BCUT2D eigenvalue weighted by Gasteiger charge is 2.06. The summed E-state index contributed by atoms with van der Waals surface area (Å²) in [7, 11) is 0. The van der Waals surface area contributed by atoms with Crippen LogP contribution in [0, 0.1) is 0 Å². The molecule has 0 heterocycles. The van der Waals surface area contributed by atoms with Crippen molar-refractivity contribution in [2.75, 3.05) is 6.61 Å².